The number of ether oxygens (including phenoxy) is 2. The van der Waals surface area contributed by atoms with E-state index in [1.165, 1.54) is 0 Å². The van der Waals surface area contributed by atoms with E-state index in [1.807, 2.05) is 0 Å². The Bertz CT molecular complexity index is 674. The third kappa shape index (κ3) is 5.42. The summed E-state index contributed by atoms with van der Waals surface area (Å²) in [6.45, 7) is -0.0415. The Morgan fingerprint density at radius 1 is 1.13 bits per heavy atom. The zero-order valence-corrected chi connectivity index (χ0v) is 11.6. The van der Waals surface area contributed by atoms with Gasteiger partial charge in [-0.1, -0.05) is 30.3 Å². The van der Waals surface area contributed by atoms with Crippen molar-refractivity contribution in [1.82, 2.24) is 0 Å². The van der Waals surface area contributed by atoms with Gasteiger partial charge in [-0.3, -0.25) is 5.32 Å². The summed E-state index contributed by atoms with van der Waals surface area (Å²) in [5.74, 6) is -1.18. The highest BCUT2D eigenvalue weighted by atomic mass is 19.4. The molecule has 0 aliphatic heterocycles. The molecule has 23 heavy (non-hydrogen) atoms. The van der Waals surface area contributed by atoms with Crippen LogP contribution in [0, 0.1) is 0 Å². The van der Waals surface area contributed by atoms with E-state index in [0.29, 0.717) is 0 Å². The molecule has 2 rings (SSSR count). The first-order chi connectivity index (χ1) is 10.8. The number of alkyl halides is 3. The molecule has 2 N–H and O–H groups in total. The summed E-state index contributed by atoms with van der Waals surface area (Å²) in [5, 5.41) is 11.4. The Hall–Kier alpha value is -2.90. The van der Waals surface area contributed by atoms with Gasteiger partial charge in [-0.15, -0.1) is 13.2 Å². The van der Waals surface area contributed by atoms with Crippen LogP contribution in [0.2, 0.25) is 0 Å². The molecule has 0 saturated heterocycles. The number of hydrogen-bond acceptors (Lipinski definition) is 4. The molecule has 1 amide bonds. The number of aromatic hydroxyl groups is 1. The van der Waals surface area contributed by atoms with Crippen LogP contribution in [-0.2, 0) is 11.3 Å². The molecule has 0 atom stereocenters. The van der Waals surface area contributed by atoms with Crippen LogP contribution in [-0.4, -0.2) is 17.6 Å². The van der Waals surface area contributed by atoms with E-state index in [2.05, 4.69) is 10.1 Å². The normalized spacial score (nSPS) is 10.9. The number of phenols is 1. The minimum absolute atomic E-state index is 0.0415. The molecule has 8 heteroatoms. The number of hydrogen-bond donors (Lipinski definition) is 2. The number of phenolic OH excluding ortho intramolecular Hbond substituents is 1. The molecule has 0 bridgehead atoms. The summed E-state index contributed by atoms with van der Waals surface area (Å²) in [6.07, 6.45) is -5.91. The first-order valence-electron chi connectivity index (χ1n) is 6.40. The van der Waals surface area contributed by atoms with Crippen LogP contribution in [0.3, 0.4) is 0 Å². The van der Waals surface area contributed by atoms with E-state index in [4.69, 9.17) is 4.74 Å². The summed E-state index contributed by atoms with van der Waals surface area (Å²) in [6, 6.07) is 11.7. The Labute approximate surface area is 129 Å². The Morgan fingerprint density at radius 3 is 2.48 bits per heavy atom. The maximum Gasteiger partial charge on any atom is 0.573 e. The minimum Gasteiger partial charge on any atom is -0.508 e. The first kappa shape index (κ1) is 16.5. The number of benzene rings is 2. The van der Waals surface area contributed by atoms with E-state index >= 15 is 0 Å². The van der Waals surface area contributed by atoms with Crippen LogP contribution in [0.5, 0.6) is 11.5 Å². The van der Waals surface area contributed by atoms with Crippen LogP contribution < -0.4 is 10.1 Å². The lowest BCUT2D eigenvalue weighted by Crippen LogP contribution is -2.20. The molecule has 0 heterocycles. The molecule has 0 radical (unpaired) electrons. The van der Waals surface area contributed by atoms with Gasteiger partial charge < -0.3 is 14.6 Å². The first-order valence-corrected chi connectivity index (χ1v) is 6.40. The molecule has 0 unspecified atom stereocenters. The van der Waals surface area contributed by atoms with Gasteiger partial charge in [-0.2, -0.15) is 0 Å². The van der Waals surface area contributed by atoms with Crippen LogP contribution in [0.25, 0.3) is 0 Å². The average Bonchev–Trinajstić information content (AvgIpc) is 2.47. The lowest BCUT2D eigenvalue weighted by atomic mass is 10.2. The Balaban J connectivity index is 2.02. The summed E-state index contributed by atoms with van der Waals surface area (Å²) in [7, 11) is 0. The van der Waals surface area contributed by atoms with Gasteiger partial charge in [0.2, 0.25) is 0 Å². The molecule has 5 nitrogen and oxygen atoms in total. The molecule has 0 spiro atoms. The van der Waals surface area contributed by atoms with Crippen molar-refractivity contribution in [3.63, 3.8) is 0 Å². The monoisotopic (exact) mass is 327 g/mol. The molecular formula is C15H12F3NO4. The van der Waals surface area contributed by atoms with Gasteiger partial charge in [0.05, 0.1) is 5.69 Å². The highest BCUT2D eigenvalue weighted by Gasteiger charge is 2.32. The number of anilines is 1. The predicted molar refractivity (Wildman–Crippen MR) is 75.0 cm³/mol. The van der Waals surface area contributed by atoms with E-state index in [0.717, 1.165) is 23.8 Å². The standard InChI is InChI=1S/C15H12F3NO4/c16-15(17,18)23-13-8-11(20)6-7-12(13)19-14(21)22-9-10-4-2-1-3-5-10/h1-8,20H,9H2,(H,19,21). The zero-order valence-electron chi connectivity index (χ0n) is 11.6. The van der Waals surface area contributed by atoms with E-state index in [1.54, 1.807) is 30.3 Å². The fourth-order valence-corrected chi connectivity index (χ4v) is 1.69. The Kier molecular flexibility index (Phi) is 4.95. The van der Waals surface area contributed by atoms with Crippen molar-refractivity contribution in [2.45, 2.75) is 13.0 Å². The predicted octanol–water partition coefficient (Wildman–Crippen LogP) is 4.04. The molecule has 0 aliphatic rings. The van der Waals surface area contributed by atoms with Crippen molar-refractivity contribution in [3.05, 3.63) is 54.1 Å². The van der Waals surface area contributed by atoms with Crippen LogP contribution in [0.4, 0.5) is 23.7 Å². The largest absolute Gasteiger partial charge is 0.573 e. The molecule has 0 aliphatic carbocycles. The second-order valence-corrected chi connectivity index (χ2v) is 4.41. The lowest BCUT2D eigenvalue weighted by Gasteiger charge is -2.14. The third-order valence-corrected chi connectivity index (χ3v) is 2.64. The van der Waals surface area contributed by atoms with E-state index < -0.39 is 24.0 Å². The van der Waals surface area contributed by atoms with Crippen molar-refractivity contribution in [1.29, 1.82) is 0 Å². The van der Waals surface area contributed by atoms with Gasteiger partial charge in [0, 0.05) is 6.07 Å². The number of rotatable bonds is 4. The number of carbonyl (C=O) groups is 1. The molecule has 0 saturated carbocycles. The van der Waals surface area contributed by atoms with Gasteiger partial charge >= 0.3 is 12.5 Å². The molecular weight excluding hydrogens is 315 g/mol. The van der Waals surface area contributed by atoms with Crippen molar-refractivity contribution in [2.75, 3.05) is 5.32 Å². The number of carbonyl (C=O) groups excluding carboxylic acids is 1. The molecule has 122 valence electrons. The Morgan fingerprint density at radius 2 is 1.83 bits per heavy atom. The number of nitrogens with one attached hydrogen (secondary N) is 1. The summed E-state index contributed by atoms with van der Waals surface area (Å²) >= 11 is 0. The van der Waals surface area contributed by atoms with E-state index in [-0.39, 0.29) is 12.3 Å². The fourth-order valence-electron chi connectivity index (χ4n) is 1.69. The number of halogens is 3. The fraction of sp³-hybridized carbons (Fsp3) is 0.133. The highest BCUT2D eigenvalue weighted by Crippen LogP contribution is 2.33. The van der Waals surface area contributed by atoms with Gasteiger partial charge in [0.25, 0.3) is 0 Å². The maximum atomic E-state index is 12.3. The molecule has 2 aromatic carbocycles. The lowest BCUT2D eigenvalue weighted by molar-refractivity contribution is -0.274. The van der Waals surface area contributed by atoms with Gasteiger partial charge in [-0.05, 0) is 17.7 Å². The van der Waals surface area contributed by atoms with Crippen LogP contribution in [0.1, 0.15) is 5.56 Å². The molecule has 0 aromatic heterocycles. The van der Waals surface area contributed by atoms with Gasteiger partial charge in [0.15, 0.2) is 5.75 Å². The average molecular weight is 327 g/mol. The van der Waals surface area contributed by atoms with Crippen molar-refractivity contribution >= 4 is 11.8 Å². The van der Waals surface area contributed by atoms with Crippen molar-refractivity contribution in [2.24, 2.45) is 0 Å². The number of amides is 1. The maximum absolute atomic E-state index is 12.3. The molecule has 2 aromatic rings. The highest BCUT2D eigenvalue weighted by molar-refractivity contribution is 5.86. The smallest absolute Gasteiger partial charge is 0.508 e. The SMILES string of the molecule is O=C(Nc1ccc(O)cc1OC(F)(F)F)OCc1ccccc1. The minimum atomic E-state index is -4.96. The van der Waals surface area contributed by atoms with Gasteiger partial charge in [-0.25, -0.2) is 4.79 Å². The summed E-state index contributed by atoms with van der Waals surface area (Å²) in [5.41, 5.74) is 0.443. The summed E-state index contributed by atoms with van der Waals surface area (Å²) < 4.78 is 45.6. The topological polar surface area (TPSA) is 67.8 Å². The van der Waals surface area contributed by atoms with Crippen molar-refractivity contribution < 1.29 is 32.5 Å². The third-order valence-electron chi connectivity index (χ3n) is 2.64. The van der Waals surface area contributed by atoms with Gasteiger partial charge in [0.1, 0.15) is 12.4 Å². The quantitative estimate of drug-likeness (QED) is 0.832. The van der Waals surface area contributed by atoms with E-state index in [9.17, 15) is 23.1 Å². The summed E-state index contributed by atoms with van der Waals surface area (Å²) in [4.78, 5) is 11.7. The second-order valence-electron chi connectivity index (χ2n) is 4.41. The zero-order chi connectivity index (χ0) is 16.9. The van der Waals surface area contributed by atoms with Crippen LogP contribution in [0.15, 0.2) is 48.5 Å². The second kappa shape index (κ2) is 6.91. The van der Waals surface area contributed by atoms with Crippen molar-refractivity contribution in [3.8, 4) is 11.5 Å². The van der Waals surface area contributed by atoms with Crippen LogP contribution >= 0.6 is 0 Å². The molecule has 0 fully saturated rings.